The van der Waals surface area contributed by atoms with Crippen LogP contribution in [0, 0.1) is 13.8 Å². The van der Waals surface area contributed by atoms with Gasteiger partial charge in [-0.05, 0) is 55.7 Å². The second-order valence-electron chi connectivity index (χ2n) is 7.14. The molecule has 0 bridgehead atoms. The summed E-state index contributed by atoms with van der Waals surface area (Å²) in [6, 6.07) is 22.9. The highest BCUT2D eigenvalue weighted by Crippen LogP contribution is 2.28. The van der Waals surface area contributed by atoms with E-state index in [9.17, 15) is 13.2 Å². The minimum absolute atomic E-state index is 0.118. The van der Waals surface area contributed by atoms with Gasteiger partial charge in [0.05, 0.1) is 16.3 Å². The zero-order chi connectivity index (χ0) is 22.4. The number of nitrogens with one attached hydrogen (secondary N) is 1. The quantitative estimate of drug-likeness (QED) is 0.449. The largest absolute Gasteiger partial charge is 0.271 e. The van der Waals surface area contributed by atoms with Gasteiger partial charge in [0.25, 0.3) is 15.9 Å². The molecule has 0 saturated carbocycles. The molecule has 0 aliphatic heterocycles. The van der Waals surface area contributed by atoms with Gasteiger partial charge in [-0.25, -0.2) is 13.8 Å². The molecular formula is C24H25N3O3S. The van der Waals surface area contributed by atoms with Crippen molar-refractivity contribution in [3.8, 4) is 0 Å². The molecule has 0 spiro atoms. The summed E-state index contributed by atoms with van der Waals surface area (Å²) in [5.41, 5.74) is 6.16. The summed E-state index contributed by atoms with van der Waals surface area (Å²) in [6.07, 6.45) is 0. The van der Waals surface area contributed by atoms with Crippen molar-refractivity contribution < 1.29 is 13.2 Å². The van der Waals surface area contributed by atoms with Crippen molar-refractivity contribution in [3.63, 3.8) is 0 Å². The van der Waals surface area contributed by atoms with Crippen LogP contribution in [0.25, 0.3) is 0 Å². The summed E-state index contributed by atoms with van der Waals surface area (Å²) in [4.78, 5) is 12.8. The Morgan fingerprint density at radius 1 is 0.903 bits per heavy atom. The van der Waals surface area contributed by atoms with Gasteiger partial charge in [0, 0.05) is 0 Å². The molecule has 0 aromatic heterocycles. The lowest BCUT2D eigenvalue weighted by molar-refractivity contribution is -0.119. The molecule has 31 heavy (non-hydrogen) atoms. The number of amides is 1. The molecule has 0 atom stereocenters. The number of nitrogens with zero attached hydrogens (tertiary/aromatic N) is 2. The molecular weight excluding hydrogens is 410 g/mol. The number of rotatable bonds is 7. The van der Waals surface area contributed by atoms with Crippen LogP contribution in [0.15, 0.2) is 88.9 Å². The zero-order valence-electron chi connectivity index (χ0n) is 17.7. The molecule has 3 aromatic rings. The Morgan fingerprint density at radius 2 is 1.52 bits per heavy atom. The van der Waals surface area contributed by atoms with Crippen LogP contribution in [-0.2, 0) is 14.8 Å². The van der Waals surface area contributed by atoms with E-state index >= 15 is 0 Å². The van der Waals surface area contributed by atoms with E-state index in [0.29, 0.717) is 11.4 Å². The first-order valence-electron chi connectivity index (χ1n) is 9.83. The van der Waals surface area contributed by atoms with Crippen molar-refractivity contribution in [3.05, 3.63) is 95.6 Å². The van der Waals surface area contributed by atoms with Gasteiger partial charge in [-0.1, -0.05) is 60.7 Å². The molecule has 0 aliphatic carbocycles. The first-order chi connectivity index (χ1) is 14.8. The fourth-order valence-corrected chi connectivity index (χ4v) is 4.58. The molecule has 0 fully saturated rings. The van der Waals surface area contributed by atoms with E-state index < -0.39 is 22.5 Å². The average molecular weight is 436 g/mol. The Bertz CT molecular complexity index is 1190. The third kappa shape index (κ3) is 5.19. The Morgan fingerprint density at radius 3 is 2.16 bits per heavy atom. The minimum atomic E-state index is -3.96. The molecule has 0 unspecified atom stereocenters. The summed E-state index contributed by atoms with van der Waals surface area (Å²) in [5, 5.41) is 4.13. The standard InChI is InChI=1S/C24H25N3O3S/c1-18-11-10-16-23(19(18)2)27(31(29,30)22-14-8-5-9-15-22)17-24(28)26-25-20(3)21-12-6-4-7-13-21/h4-16H,17H2,1-3H3,(H,26,28)/b25-20-. The monoisotopic (exact) mass is 435 g/mol. The third-order valence-corrected chi connectivity index (χ3v) is 6.78. The Balaban J connectivity index is 1.92. The topological polar surface area (TPSA) is 78.8 Å². The van der Waals surface area contributed by atoms with Crippen molar-refractivity contribution in [2.24, 2.45) is 5.10 Å². The van der Waals surface area contributed by atoms with Crippen LogP contribution < -0.4 is 9.73 Å². The summed E-state index contributed by atoms with van der Waals surface area (Å²) in [7, 11) is -3.96. The molecule has 0 aliphatic rings. The van der Waals surface area contributed by atoms with Crippen molar-refractivity contribution in [1.29, 1.82) is 0 Å². The predicted molar refractivity (Wildman–Crippen MR) is 124 cm³/mol. The normalized spacial score (nSPS) is 11.8. The number of anilines is 1. The molecule has 3 aromatic carbocycles. The highest BCUT2D eigenvalue weighted by atomic mass is 32.2. The van der Waals surface area contributed by atoms with Crippen LogP contribution in [-0.4, -0.2) is 26.6 Å². The fraction of sp³-hybridized carbons (Fsp3) is 0.167. The number of sulfonamides is 1. The second-order valence-corrected chi connectivity index (χ2v) is 9.00. The summed E-state index contributed by atoms with van der Waals surface area (Å²) in [5.74, 6) is -0.532. The van der Waals surface area contributed by atoms with Gasteiger partial charge in [-0.2, -0.15) is 5.10 Å². The number of benzene rings is 3. The summed E-state index contributed by atoms with van der Waals surface area (Å²) >= 11 is 0. The lowest BCUT2D eigenvalue weighted by Crippen LogP contribution is -2.40. The van der Waals surface area contributed by atoms with Crippen LogP contribution in [0.5, 0.6) is 0 Å². The van der Waals surface area contributed by atoms with Gasteiger partial charge in [0.15, 0.2) is 0 Å². The average Bonchev–Trinajstić information content (AvgIpc) is 2.79. The summed E-state index contributed by atoms with van der Waals surface area (Å²) < 4.78 is 27.9. The van der Waals surface area contributed by atoms with Gasteiger partial charge in [0.2, 0.25) is 0 Å². The molecule has 160 valence electrons. The van der Waals surface area contributed by atoms with Crippen molar-refractivity contribution >= 4 is 27.3 Å². The molecule has 0 saturated heterocycles. The number of carbonyl (C=O) groups excluding carboxylic acids is 1. The van der Waals surface area contributed by atoms with E-state index in [1.165, 1.54) is 12.1 Å². The maximum atomic E-state index is 13.4. The van der Waals surface area contributed by atoms with Crippen molar-refractivity contribution in [2.75, 3.05) is 10.8 Å². The fourth-order valence-electron chi connectivity index (χ4n) is 3.08. The van der Waals surface area contributed by atoms with Gasteiger partial charge in [-0.15, -0.1) is 0 Å². The molecule has 0 heterocycles. The van der Waals surface area contributed by atoms with Crippen LogP contribution in [0.4, 0.5) is 5.69 Å². The lowest BCUT2D eigenvalue weighted by Gasteiger charge is -2.26. The minimum Gasteiger partial charge on any atom is -0.271 e. The van der Waals surface area contributed by atoms with E-state index in [0.717, 1.165) is 21.0 Å². The molecule has 3 rings (SSSR count). The highest BCUT2D eigenvalue weighted by molar-refractivity contribution is 7.92. The molecule has 0 radical (unpaired) electrons. The van der Waals surface area contributed by atoms with E-state index in [1.807, 2.05) is 50.2 Å². The van der Waals surface area contributed by atoms with Crippen LogP contribution >= 0.6 is 0 Å². The number of hydrogen-bond donors (Lipinski definition) is 1. The van der Waals surface area contributed by atoms with Crippen molar-refractivity contribution in [2.45, 2.75) is 25.7 Å². The smallest absolute Gasteiger partial charge is 0.264 e. The van der Waals surface area contributed by atoms with E-state index in [-0.39, 0.29) is 4.90 Å². The van der Waals surface area contributed by atoms with Crippen LogP contribution in [0.2, 0.25) is 0 Å². The van der Waals surface area contributed by atoms with Gasteiger partial charge < -0.3 is 0 Å². The maximum Gasteiger partial charge on any atom is 0.264 e. The number of aryl methyl sites for hydroxylation is 1. The van der Waals surface area contributed by atoms with Crippen molar-refractivity contribution in [1.82, 2.24) is 5.43 Å². The lowest BCUT2D eigenvalue weighted by atomic mass is 10.1. The third-order valence-electron chi connectivity index (χ3n) is 5.00. The number of hydrazone groups is 1. The number of carbonyl (C=O) groups is 1. The van der Waals surface area contributed by atoms with Crippen LogP contribution in [0.3, 0.4) is 0 Å². The second kappa shape index (κ2) is 9.57. The first-order valence-corrected chi connectivity index (χ1v) is 11.3. The molecule has 1 N–H and O–H groups in total. The van der Waals surface area contributed by atoms with E-state index in [1.54, 1.807) is 37.3 Å². The summed E-state index contributed by atoms with van der Waals surface area (Å²) in [6.45, 7) is 5.12. The Kier molecular flexibility index (Phi) is 6.87. The van der Waals surface area contributed by atoms with E-state index in [2.05, 4.69) is 10.5 Å². The molecule has 6 nitrogen and oxygen atoms in total. The maximum absolute atomic E-state index is 13.4. The van der Waals surface area contributed by atoms with Gasteiger partial charge in [-0.3, -0.25) is 9.10 Å². The predicted octanol–water partition coefficient (Wildman–Crippen LogP) is 4.04. The Hall–Kier alpha value is -3.45. The number of hydrogen-bond acceptors (Lipinski definition) is 4. The highest BCUT2D eigenvalue weighted by Gasteiger charge is 2.28. The van der Waals surface area contributed by atoms with E-state index in [4.69, 9.17) is 0 Å². The van der Waals surface area contributed by atoms with Gasteiger partial charge >= 0.3 is 0 Å². The Labute approximate surface area is 183 Å². The van der Waals surface area contributed by atoms with Crippen LogP contribution in [0.1, 0.15) is 23.6 Å². The zero-order valence-corrected chi connectivity index (χ0v) is 18.6. The van der Waals surface area contributed by atoms with Gasteiger partial charge in [0.1, 0.15) is 6.54 Å². The first kappa shape index (κ1) is 22.2. The molecule has 7 heteroatoms. The molecule has 1 amide bonds. The SMILES string of the molecule is C/C(=N/NC(=O)CN(c1cccc(C)c1C)S(=O)(=O)c1ccccc1)c1ccccc1.